The fourth-order valence-electron chi connectivity index (χ4n) is 2.09. The van der Waals surface area contributed by atoms with Crippen LogP contribution in [0.2, 0.25) is 0 Å². The predicted molar refractivity (Wildman–Crippen MR) is 81.7 cm³/mol. The molecule has 19 heavy (non-hydrogen) atoms. The third-order valence-electron chi connectivity index (χ3n) is 3.14. The van der Waals surface area contributed by atoms with Crippen molar-refractivity contribution < 1.29 is 4.42 Å². The second-order valence-corrected chi connectivity index (χ2v) is 5.44. The Morgan fingerprint density at radius 3 is 2.58 bits per heavy atom. The van der Waals surface area contributed by atoms with Gasteiger partial charge in [0.05, 0.1) is 6.26 Å². The zero-order valence-corrected chi connectivity index (χ0v) is 12.4. The molecule has 1 atom stereocenters. The highest BCUT2D eigenvalue weighted by atomic mass is 32.2. The summed E-state index contributed by atoms with van der Waals surface area (Å²) in [6.07, 6.45) is 5.87. The van der Waals surface area contributed by atoms with Gasteiger partial charge >= 0.3 is 0 Å². The molecule has 1 aromatic heterocycles. The quantitative estimate of drug-likeness (QED) is 0.763. The summed E-state index contributed by atoms with van der Waals surface area (Å²) >= 11 is 1.77. The van der Waals surface area contributed by atoms with Crippen molar-refractivity contribution in [1.82, 2.24) is 5.32 Å². The Kier molecular flexibility index (Phi) is 5.55. The minimum absolute atomic E-state index is 0.321. The molecular weight excluding hydrogens is 254 g/mol. The van der Waals surface area contributed by atoms with Crippen molar-refractivity contribution in [2.75, 3.05) is 12.8 Å². The summed E-state index contributed by atoms with van der Waals surface area (Å²) < 4.78 is 5.47. The van der Waals surface area contributed by atoms with Gasteiger partial charge < -0.3 is 9.73 Å². The Balaban J connectivity index is 2.10. The number of benzene rings is 1. The van der Waals surface area contributed by atoms with Crippen molar-refractivity contribution in [3.63, 3.8) is 0 Å². The predicted octanol–water partition coefficient (Wildman–Crippen LogP) is 4.28. The van der Waals surface area contributed by atoms with E-state index in [4.69, 9.17) is 4.42 Å². The number of nitrogens with one attached hydrogen (secondary N) is 1. The molecule has 0 fully saturated rings. The number of hydrogen-bond donors (Lipinski definition) is 1. The monoisotopic (exact) mass is 275 g/mol. The lowest BCUT2D eigenvalue weighted by Gasteiger charge is -2.18. The molecule has 0 spiro atoms. The molecule has 0 aliphatic rings. The van der Waals surface area contributed by atoms with E-state index in [0.717, 1.165) is 25.1 Å². The lowest BCUT2D eigenvalue weighted by atomic mass is 10.0. The fourth-order valence-corrected chi connectivity index (χ4v) is 2.50. The number of rotatable bonds is 7. The number of thioether (sulfide) groups is 1. The van der Waals surface area contributed by atoms with Crippen LogP contribution in [-0.4, -0.2) is 12.8 Å². The summed E-state index contributed by atoms with van der Waals surface area (Å²) in [7, 11) is 0. The van der Waals surface area contributed by atoms with Gasteiger partial charge in [-0.05, 0) is 49.1 Å². The lowest BCUT2D eigenvalue weighted by molar-refractivity contribution is 0.449. The molecule has 0 aliphatic heterocycles. The Hall–Kier alpha value is -1.19. The molecule has 1 N–H and O–H groups in total. The first-order chi connectivity index (χ1) is 9.33. The molecule has 2 rings (SSSR count). The molecule has 1 aromatic carbocycles. The van der Waals surface area contributed by atoms with E-state index in [1.807, 2.05) is 12.1 Å². The summed E-state index contributed by atoms with van der Waals surface area (Å²) in [6, 6.07) is 13.1. The Bertz CT molecular complexity index is 464. The van der Waals surface area contributed by atoms with Gasteiger partial charge in [-0.2, -0.15) is 0 Å². The summed E-state index contributed by atoms with van der Waals surface area (Å²) in [5.74, 6) is 1.03. The van der Waals surface area contributed by atoms with Gasteiger partial charge in [0.2, 0.25) is 0 Å². The van der Waals surface area contributed by atoms with Crippen LogP contribution in [0.4, 0.5) is 0 Å². The van der Waals surface area contributed by atoms with Crippen LogP contribution in [0.5, 0.6) is 0 Å². The first kappa shape index (κ1) is 14.2. The van der Waals surface area contributed by atoms with Crippen LogP contribution in [0.3, 0.4) is 0 Å². The highest BCUT2D eigenvalue weighted by Crippen LogP contribution is 2.22. The molecule has 0 radical (unpaired) electrons. The van der Waals surface area contributed by atoms with E-state index in [1.54, 1.807) is 18.0 Å². The first-order valence-corrected chi connectivity index (χ1v) is 7.95. The second kappa shape index (κ2) is 7.41. The molecule has 0 saturated heterocycles. The van der Waals surface area contributed by atoms with Gasteiger partial charge in [-0.15, -0.1) is 11.8 Å². The van der Waals surface area contributed by atoms with E-state index in [0.29, 0.717) is 6.04 Å². The van der Waals surface area contributed by atoms with Crippen molar-refractivity contribution in [2.45, 2.75) is 30.7 Å². The summed E-state index contributed by atoms with van der Waals surface area (Å²) in [4.78, 5) is 1.30. The van der Waals surface area contributed by atoms with E-state index < -0.39 is 0 Å². The van der Waals surface area contributed by atoms with Gasteiger partial charge in [0.1, 0.15) is 5.76 Å². The maximum atomic E-state index is 5.47. The van der Waals surface area contributed by atoms with Crippen molar-refractivity contribution in [3.8, 4) is 0 Å². The zero-order chi connectivity index (χ0) is 13.5. The first-order valence-electron chi connectivity index (χ1n) is 6.73. The van der Waals surface area contributed by atoms with Crippen molar-refractivity contribution in [2.24, 2.45) is 0 Å². The minimum Gasteiger partial charge on any atom is -0.469 e. The van der Waals surface area contributed by atoms with Gasteiger partial charge in [0.15, 0.2) is 0 Å². The molecular formula is C16H21NOS. The summed E-state index contributed by atoms with van der Waals surface area (Å²) in [5, 5.41) is 3.59. The van der Waals surface area contributed by atoms with Gasteiger partial charge in [-0.25, -0.2) is 0 Å². The molecule has 0 bridgehead atoms. The maximum Gasteiger partial charge on any atom is 0.105 e. The van der Waals surface area contributed by atoms with Crippen LogP contribution in [0, 0.1) is 0 Å². The van der Waals surface area contributed by atoms with Crippen LogP contribution in [0.1, 0.15) is 30.7 Å². The van der Waals surface area contributed by atoms with Gasteiger partial charge in [-0.1, -0.05) is 19.1 Å². The second-order valence-electron chi connectivity index (χ2n) is 4.56. The van der Waals surface area contributed by atoms with Crippen molar-refractivity contribution >= 4 is 11.8 Å². The lowest BCUT2D eigenvalue weighted by Crippen LogP contribution is -2.23. The third kappa shape index (κ3) is 4.15. The van der Waals surface area contributed by atoms with E-state index in [9.17, 15) is 0 Å². The zero-order valence-electron chi connectivity index (χ0n) is 11.6. The fraction of sp³-hybridized carbons (Fsp3) is 0.375. The molecule has 1 unspecified atom stereocenters. The third-order valence-corrected chi connectivity index (χ3v) is 3.89. The maximum absolute atomic E-state index is 5.47. The van der Waals surface area contributed by atoms with E-state index in [1.165, 1.54) is 10.5 Å². The Labute approximate surface area is 119 Å². The Morgan fingerprint density at radius 1 is 1.21 bits per heavy atom. The molecule has 1 heterocycles. The van der Waals surface area contributed by atoms with Gasteiger partial charge in [-0.3, -0.25) is 0 Å². The van der Waals surface area contributed by atoms with E-state index in [2.05, 4.69) is 42.8 Å². The topological polar surface area (TPSA) is 25.2 Å². The molecule has 2 aromatic rings. The van der Waals surface area contributed by atoms with Crippen LogP contribution in [-0.2, 0) is 6.42 Å². The standard InChI is InChI=1S/C16H21NOS/c1-3-10-17-16(12-14-5-4-11-18-14)13-6-8-15(19-2)9-7-13/h4-9,11,16-17H,3,10,12H2,1-2H3. The largest absolute Gasteiger partial charge is 0.469 e. The highest BCUT2D eigenvalue weighted by molar-refractivity contribution is 7.98. The molecule has 0 saturated carbocycles. The average molecular weight is 275 g/mol. The molecule has 2 nitrogen and oxygen atoms in total. The van der Waals surface area contributed by atoms with Crippen LogP contribution >= 0.6 is 11.8 Å². The van der Waals surface area contributed by atoms with Crippen LogP contribution in [0.25, 0.3) is 0 Å². The summed E-state index contributed by atoms with van der Waals surface area (Å²) in [6.45, 7) is 3.21. The van der Waals surface area contributed by atoms with Gasteiger partial charge in [0.25, 0.3) is 0 Å². The van der Waals surface area contributed by atoms with Gasteiger partial charge in [0, 0.05) is 17.4 Å². The average Bonchev–Trinajstić information content (AvgIpc) is 2.96. The molecule has 3 heteroatoms. The van der Waals surface area contributed by atoms with E-state index in [-0.39, 0.29) is 0 Å². The minimum atomic E-state index is 0.321. The SMILES string of the molecule is CCCNC(Cc1ccco1)c1ccc(SC)cc1. The number of furan rings is 1. The molecule has 0 amide bonds. The van der Waals surface area contributed by atoms with Crippen LogP contribution < -0.4 is 5.32 Å². The molecule has 0 aliphatic carbocycles. The number of hydrogen-bond acceptors (Lipinski definition) is 3. The highest BCUT2D eigenvalue weighted by Gasteiger charge is 2.12. The van der Waals surface area contributed by atoms with Crippen molar-refractivity contribution in [3.05, 3.63) is 54.0 Å². The smallest absolute Gasteiger partial charge is 0.105 e. The van der Waals surface area contributed by atoms with Crippen LogP contribution in [0.15, 0.2) is 52.0 Å². The molecule has 102 valence electrons. The van der Waals surface area contributed by atoms with E-state index >= 15 is 0 Å². The normalized spacial score (nSPS) is 12.5. The Morgan fingerprint density at radius 2 is 2.00 bits per heavy atom. The van der Waals surface area contributed by atoms with Crippen molar-refractivity contribution in [1.29, 1.82) is 0 Å². The summed E-state index contributed by atoms with van der Waals surface area (Å²) in [5.41, 5.74) is 1.32.